The Balaban J connectivity index is 4.00. The lowest BCUT2D eigenvalue weighted by molar-refractivity contribution is -0.139. The molecule has 0 aromatic carbocycles. The smallest absolute Gasteiger partial charge is 0.334 e. The zero-order chi connectivity index (χ0) is 8.36. The third-order valence-corrected chi connectivity index (χ3v) is 1.85. The van der Waals surface area contributed by atoms with E-state index in [0.717, 1.165) is 11.8 Å². The van der Waals surface area contributed by atoms with E-state index in [-0.39, 0.29) is 0 Å². The molecule has 2 atom stereocenters. The van der Waals surface area contributed by atoms with Crippen LogP contribution in [0.1, 0.15) is 13.8 Å². The van der Waals surface area contributed by atoms with Crippen molar-refractivity contribution < 1.29 is 15.0 Å². The van der Waals surface area contributed by atoms with Crippen LogP contribution in [0.2, 0.25) is 0 Å². The summed E-state index contributed by atoms with van der Waals surface area (Å²) in [5, 5.41) is 17.2. The molecular formula is C5H11NO3S. The number of hydrogen-bond donors (Lipinski definition) is 3. The summed E-state index contributed by atoms with van der Waals surface area (Å²) in [7, 11) is 0. The molecule has 10 heavy (non-hydrogen) atoms. The normalized spacial score (nSPS) is 19.6. The molecule has 0 aliphatic heterocycles. The molecule has 0 heterocycles. The molecular weight excluding hydrogens is 154 g/mol. The molecule has 0 radical (unpaired) electrons. The third kappa shape index (κ3) is 3.05. The second-order valence-corrected chi connectivity index (χ2v) is 3.90. The SMILES string of the molecule is CC(O)SC(C)(N)C(=O)O. The molecule has 2 unspecified atom stereocenters. The lowest BCUT2D eigenvalue weighted by Crippen LogP contribution is -2.42. The van der Waals surface area contributed by atoms with E-state index in [1.807, 2.05) is 0 Å². The first-order valence-corrected chi connectivity index (χ1v) is 3.62. The van der Waals surface area contributed by atoms with Gasteiger partial charge in [0.05, 0.1) is 5.44 Å². The second-order valence-electron chi connectivity index (χ2n) is 2.13. The number of aliphatic hydroxyl groups is 1. The fourth-order valence-electron chi connectivity index (χ4n) is 0.405. The molecule has 0 spiro atoms. The maximum atomic E-state index is 10.3. The minimum Gasteiger partial charge on any atom is -0.479 e. The first-order valence-electron chi connectivity index (χ1n) is 2.74. The summed E-state index contributed by atoms with van der Waals surface area (Å²) in [5.41, 5.74) is 4.51. The second kappa shape index (κ2) is 3.23. The van der Waals surface area contributed by atoms with E-state index >= 15 is 0 Å². The molecule has 5 heteroatoms. The quantitative estimate of drug-likeness (QED) is 0.505. The fourth-order valence-corrected chi connectivity index (χ4v) is 1.21. The minimum absolute atomic E-state index is 0.758. The number of hydrogen-bond acceptors (Lipinski definition) is 4. The number of carboxylic acid groups (broad SMARTS) is 1. The highest BCUT2D eigenvalue weighted by atomic mass is 32.2. The van der Waals surface area contributed by atoms with Gasteiger partial charge in [0, 0.05) is 0 Å². The summed E-state index contributed by atoms with van der Waals surface area (Å²) in [6.07, 6.45) is 0. The van der Waals surface area contributed by atoms with Crippen molar-refractivity contribution in [2.45, 2.75) is 24.2 Å². The predicted molar refractivity (Wildman–Crippen MR) is 39.5 cm³/mol. The van der Waals surface area contributed by atoms with Gasteiger partial charge in [0.2, 0.25) is 0 Å². The van der Waals surface area contributed by atoms with Gasteiger partial charge in [-0.3, -0.25) is 0 Å². The molecule has 0 aromatic heterocycles. The van der Waals surface area contributed by atoms with Crippen LogP contribution in [0.4, 0.5) is 0 Å². The summed E-state index contributed by atoms with van der Waals surface area (Å²) >= 11 is 0.799. The standard InChI is InChI=1S/C5H11NO3S/c1-3(7)10-5(2,6)4(8)9/h3,7H,6H2,1-2H3,(H,8,9). The van der Waals surface area contributed by atoms with Gasteiger partial charge in [-0.05, 0) is 13.8 Å². The lowest BCUT2D eigenvalue weighted by Gasteiger charge is -2.19. The van der Waals surface area contributed by atoms with Gasteiger partial charge in [0.25, 0.3) is 0 Å². The Morgan fingerprint density at radius 3 is 2.30 bits per heavy atom. The van der Waals surface area contributed by atoms with E-state index in [9.17, 15) is 4.79 Å². The van der Waals surface area contributed by atoms with Crippen LogP contribution in [0.15, 0.2) is 0 Å². The van der Waals surface area contributed by atoms with Gasteiger partial charge >= 0.3 is 5.97 Å². The van der Waals surface area contributed by atoms with E-state index in [4.69, 9.17) is 15.9 Å². The van der Waals surface area contributed by atoms with Crippen molar-refractivity contribution in [2.24, 2.45) is 5.73 Å². The first-order chi connectivity index (χ1) is 4.36. The summed E-state index contributed by atoms with van der Waals surface area (Å²) in [6, 6.07) is 0. The van der Waals surface area contributed by atoms with Crippen LogP contribution in [0.5, 0.6) is 0 Å². The molecule has 0 aliphatic carbocycles. The van der Waals surface area contributed by atoms with Gasteiger partial charge < -0.3 is 15.9 Å². The van der Waals surface area contributed by atoms with Gasteiger partial charge in [-0.15, -0.1) is 0 Å². The van der Waals surface area contributed by atoms with Crippen molar-refractivity contribution in [3.05, 3.63) is 0 Å². The van der Waals surface area contributed by atoms with E-state index in [1.54, 1.807) is 0 Å². The Morgan fingerprint density at radius 1 is 1.80 bits per heavy atom. The number of thioether (sulfide) groups is 1. The van der Waals surface area contributed by atoms with Crippen LogP contribution < -0.4 is 5.73 Å². The summed E-state index contributed by atoms with van der Waals surface area (Å²) < 4.78 is 0. The number of aliphatic carboxylic acids is 1. The maximum Gasteiger partial charge on any atom is 0.334 e. The number of nitrogens with two attached hydrogens (primary N) is 1. The van der Waals surface area contributed by atoms with Crippen LogP contribution >= 0.6 is 11.8 Å². The van der Waals surface area contributed by atoms with E-state index in [2.05, 4.69) is 0 Å². The van der Waals surface area contributed by atoms with E-state index in [1.165, 1.54) is 13.8 Å². The van der Waals surface area contributed by atoms with Crippen LogP contribution in [0.25, 0.3) is 0 Å². The Hall–Kier alpha value is -0.260. The van der Waals surface area contributed by atoms with Crippen LogP contribution in [0.3, 0.4) is 0 Å². The Morgan fingerprint density at radius 2 is 2.20 bits per heavy atom. The molecule has 0 fully saturated rings. The molecule has 0 amide bonds. The Bertz CT molecular complexity index is 135. The van der Waals surface area contributed by atoms with E-state index < -0.39 is 16.3 Å². The lowest BCUT2D eigenvalue weighted by atomic mass is 10.4. The average Bonchev–Trinajstić information content (AvgIpc) is 1.60. The highest BCUT2D eigenvalue weighted by Gasteiger charge is 2.30. The molecule has 0 bridgehead atoms. The van der Waals surface area contributed by atoms with Crippen LogP contribution in [0, 0.1) is 0 Å². The zero-order valence-electron chi connectivity index (χ0n) is 5.87. The van der Waals surface area contributed by atoms with Crippen molar-refractivity contribution in [3.8, 4) is 0 Å². The van der Waals surface area contributed by atoms with Crippen molar-refractivity contribution >= 4 is 17.7 Å². The molecule has 4 nitrogen and oxygen atoms in total. The van der Waals surface area contributed by atoms with Crippen molar-refractivity contribution in [1.82, 2.24) is 0 Å². The number of aliphatic hydroxyl groups excluding tert-OH is 1. The number of rotatable bonds is 3. The third-order valence-electron chi connectivity index (χ3n) is 0.840. The molecule has 4 N–H and O–H groups in total. The maximum absolute atomic E-state index is 10.3. The monoisotopic (exact) mass is 165 g/mol. The Labute approximate surface area is 63.4 Å². The summed E-state index contributed by atoms with van der Waals surface area (Å²) in [4.78, 5) is 8.90. The molecule has 0 saturated carbocycles. The van der Waals surface area contributed by atoms with Crippen LogP contribution in [-0.2, 0) is 4.79 Å². The molecule has 0 saturated heterocycles. The summed E-state index contributed by atoms with van der Waals surface area (Å²) in [6.45, 7) is 2.81. The Kier molecular flexibility index (Phi) is 3.14. The number of carboxylic acids is 1. The van der Waals surface area contributed by atoms with Gasteiger partial charge in [-0.2, -0.15) is 0 Å². The highest BCUT2D eigenvalue weighted by molar-refractivity contribution is 8.01. The van der Waals surface area contributed by atoms with Crippen molar-refractivity contribution in [2.75, 3.05) is 0 Å². The minimum atomic E-state index is -1.39. The van der Waals surface area contributed by atoms with E-state index in [0.29, 0.717) is 0 Å². The first kappa shape index (κ1) is 9.74. The largest absolute Gasteiger partial charge is 0.479 e. The van der Waals surface area contributed by atoms with Gasteiger partial charge in [0.15, 0.2) is 4.87 Å². The molecule has 0 aromatic rings. The zero-order valence-corrected chi connectivity index (χ0v) is 6.68. The summed E-state index contributed by atoms with van der Waals surface area (Å²) in [5.74, 6) is -1.13. The van der Waals surface area contributed by atoms with Crippen molar-refractivity contribution in [3.63, 3.8) is 0 Å². The van der Waals surface area contributed by atoms with Gasteiger partial charge in [-0.25, -0.2) is 4.79 Å². The van der Waals surface area contributed by atoms with Gasteiger partial charge in [-0.1, -0.05) is 11.8 Å². The predicted octanol–water partition coefficient (Wildman–Crippen LogP) is -0.183. The topological polar surface area (TPSA) is 83.5 Å². The molecule has 0 rings (SSSR count). The van der Waals surface area contributed by atoms with Crippen molar-refractivity contribution in [1.29, 1.82) is 0 Å². The highest BCUT2D eigenvalue weighted by Crippen LogP contribution is 2.22. The average molecular weight is 165 g/mol. The number of carbonyl (C=O) groups is 1. The fraction of sp³-hybridized carbons (Fsp3) is 0.800. The van der Waals surface area contributed by atoms with Gasteiger partial charge in [0.1, 0.15) is 0 Å². The van der Waals surface area contributed by atoms with Crippen LogP contribution in [-0.4, -0.2) is 26.5 Å². The molecule has 0 aliphatic rings. The molecule has 60 valence electrons.